The first-order valence-corrected chi connectivity index (χ1v) is 10.5. The fourth-order valence-electron chi connectivity index (χ4n) is 3.35. The van der Waals surface area contributed by atoms with Crippen molar-refractivity contribution in [2.24, 2.45) is 0 Å². The Morgan fingerprint density at radius 3 is 2.63 bits per heavy atom. The summed E-state index contributed by atoms with van der Waals surface area (Å²) < 4.78 is 5.69. The number of carbonyl (C=O) groups is 2. The van der Waals surface area contributed by atoms with Gasteiger partial charge in [0.2, 0.25) is 0 Å². The smallest absolute Gasteiger partial charge is 0.261 e. The molecule has 0 saturated carbocycles. The van der Waals surface area contributed by atoms with E-state index in [4.69, 9.17) is 4.74 Å². The van der Waals surface area contributed by atoms with Gasteiger partial charge in [-0.05, 0) is 66.1 Å². The van der Waals surface area contributed by atoms with Crippen LogP contribution >= 0.6 is 22.7 Å². The summed E-state index contributed by atoms with van der Waals surface area (Å²) in [5.41, 5.74) is 1.86. The number of fused-ring (bicyclic) bond motifs is 1. The van der Waals surface area contributed by atoms with Crippen LogP contribution < -0.4 is 4.74 Å². The average Bonchev–Trinajstić information content (AvgIpc) is 3.37. The highest BCUT2D eigenvalue weighted by Crippen LogP contribution is 2.39. The van der Waals surface area contributed by atoms with Crippen LogP contribution in [0.2, 0.25) is 0 Å². The number of hydrogen-bond donors (Lipinski definition) is 0. The van der Waals surface area contributed by atoms with E-state index in [-0.39, 0.29) is 24.3 Å². The number of ether oxygens (including phenoxy) is 1. The third kappa shape index (κ3) is 3.68. The van der Waals surface area contributed by atoms with Crippen LogP contribution in [0, 0.1) is 0 Å². The van der Waals surface area contributed by atoms with Crippen LogP contribution in [0.3, 0.4) is 0 Å². The first-order valence-electron chi connectivity index (χ1n) is 8.76. The number of nitrogens with zero attached hydrogens (tertiary/aromatic N) is 1. The molecule has 3 heterocycles. The molecular weight excluding hydrogens is 378 g/mol. The Morgan fingerprint density at radius 1 is 1.11 bits per heavy atom. The molecule has 27 heavy (non-hydrogen) atoms. The van der Waals surface area contributed by atoms with Gasteiger partial charge in [-0.15, -0.1) is 22.7 Å². The van der Waals surface area contributed by atoms with E-state index in [1.165, 1.54) is 22.2 Å². The maximum Gasteiger partial charge on any atom is 0.261 e. The zero-order valence-corrected chi connectivity index (χ0v) is 16.5. The molecule has 1 aliphatic heterocycles. The number of carbonyl (C=O) groups excluding carboxylic acids is 2. The van der Waals surface area contributed by atoms with Gasteiger partial charge in [0.05, 0.1) is 6.04 Å². The quantitative estimate of drug-likeness (QED) is 0.593. The fraction of sp³-hybridized carbons (Fsp3) is 0.238. The van der Waals surface area contributed by atoms with Crippen LogP contribution in [0.15, 0.2) is 53.2 Å². The van der Waals surface area contributed by atoms with E-state index >= 15 is 0 Å². The molecule has 1 aromatic carbocycles. The summed E-state index contributed by atoms with van der Waals surface area (Å²) in [4.78, 5) is 28.8. The second-order valence-corrected chi connectivity index (χ2v) is 8.40. The Kier molecular flexibility index (Phi) is 5.09. The molecule has 0 N–H and O–H groups in total. The highest BCUT2D eigenvalue weighted by atomic mass is 32.1. The van der Waals surface area contributed by atoms with Gasteiger partial charge in [0.15, 0.2) is 12.4 Å². The Morgan fingerprint density at radius 2 is 1.93 bits per heavy atom. The van der Waals surface area contributed by atoms with E-state index in [1.54, 1.807) is 46.9 Å². The number of rotatable bonds is 5. The number of amides is 1. The van der Waals surface area contributed by atoms with Crippen molar-refractivity contribution in [1.82, 2.24) is 4.90 Å². The molecule has 2 aromatic heterocycles. The minimum absolute atomic E-state index is 0.0105. The van der Waals surface area contributed by atoms with Crippen LogP contribution in [-0.2, 0) is 11.2 Å². The normalized spacial score (nSPS) is 16.0. The summed E-state index contributed by atoms with van der Waals surface area (Å²) in [5.74, 6) is 0.575. The van der Waals surface area contributed by atoms with Crippen molar-refractivity contribution in [1.29, 1.82) is 0 Å². The van der Waals surface area contributed by atoms with Gasteiger partial charge in [-0.3, -0.25) is 9.59 Å². The minimum atomic E-state index is -0.0313. The summed E-state index contributed by atoms with van der Waals surface area (Å²) in [6.07, 6.45) is 0.883. The second kappa shape index (κ2) is 7.66. The summed E-state index contributed by atoms with van der Waals surface area (Å²) in [7, 11) is 0. The molecule has 0 aliphatic carbocycles. The zero-order chi connectivity index (χ0) is 18.8. The lowest BCUT2D eigenvalue weighted by Crippen LogP contribution is -2.42. The molecular formula is C21H19NO3S2. The summed E-state index contributed by atoms with van der Waals surface area (Å²) in [6, 6.07) is 13.1. The Hall–Kier alpha value is -2.44. The Bertz CT molecular complexity index is 944. The van der Waals surface area contributed by atoms with E-state index in [9.17, 15) is 9.59 Å². The lowest BCUT2D eigenvalue weighted by Gasteiger charge is -2.35. The van der Waals surface area contributed by atoms with Gasteiger partial charge < -0.3 is 9.64 Å². The van der Waals surface area contributed by atoms with Gasteiger partial charge in [-0.2, -0.15) is 0 Å². The molecule has 4 rings (SSSR count). The van der Waals surface area contributed by atoms with Gasteiger partial charge >= 0.3 is 0 Å². The van der Waals surface area contributed by atoms with Gasteiger partial charge in [0.25, 0.3) is 5.91 Å². The summed E-state index contributed by atoms with van der Waals surface area (Å²) >= 11 is 3.44. The van der Waals surface area contributed by atoms with Crippen molar-refractivity contribution >= 4 is 34.4 Å². The van der Waals surface area contributed by atoms with E-state index in [2.05, 4.69) is 17.5 Å². The molecule has 1 amide bonds. The molecule has 1 atom stereocenters. The van der Waals surface area contributed by atoms with Crippen molar-refractivity contribution < 1.29 is 14.3 Å². The lowest BCUT2D eigenvalue weighted by atomic mass is 9.98. The zero-order valence-electron chi connectivity index (χ0n) is 14.9. The van der Waals surface area contributed by atoms with Crippen molar-refractivity contribution in [3.63, 3.8) is 0 Å². The third-order valence-electron chi connectivity index (χ3n) is 4.72. The minimum Gasteiger partial charge on any atom is -0.484 e. The molecule has 0 fully saturated rings. The molecule has 3 aromatic rings. The van der Waals surface area contributed by atoms with Crippen molar-refractivity contribution in [3.8, 4) is 5.75 Å². The maximum atomic E-state index is 12.9. The summed E-state index contributed by atoms with van der Waals surface area (Å²) in [6.45, 7) is 2.21. The number of benzene rings is 1. The SMILES string of the molecule is CC(=O)c1ccc(OCC(=O)N2CCc3sccc3[C@H]2c2cccs2)cc1. The number of hydrogen-bond acceptors (Lipinski definition) is 5. The topological polar surface area (TPSA) is 46.6 Å². The van der Waals surface area contributed by atoms with E-state index in [0.29, 0.717) is 17.9 Å². The maximum absolute atomic E-state index is 12.9. The van der Waals surface area contributed by atoms with E-state index < -0.39 is 0 Å². The van der Waals surface area contributed by atoms with Crippen LogP contribution in [0.4, 0.5) is 0 Å². The second-order valence-electron chi connectivity index (χ2n) is 6.42. The number of ketones is 1. The first-order chi connectivity index (χ1) is 13.1. The number of thiophene rings is 2. The van der Waals surface area contributed by atoms with E-state index in [0.717, 1.165) is 6.42 Å². The highest BCUT2D eigenvalue weighted by molar-refractivity contribution is 7.10. The largest absolute Gasteiger partial charge is 0.484 e. The van der Waals surface area contributed by atoms with Gasteiger partial charge in [0, 0.05) is 21.9 Å². The molecule has 0 saturated heterocycles. The lowest BCUT2D eigenvalue weighted by molar-refractivity contribution is -0.135. The van der Waals surface area contributed by atoms with Crippen molar-refractivity contribution in [3.05, 3.63) is 74.1 Å². The van der Waals surface area contributed by atoms with Crippen molar-refractivity contribution in [2.75, 3.05) is 13.2 Å². The van der Waals surface area contributed by atoms with Gasteiger partial charge in [-0.1, -0.05) is 6.07 Å². The van der Waals surface area contributed by atoms with Gasteiger partial charge in [0.1, 0.15) is 5.75 Å². The average molecular weight is 398 g/mol. The molecule has 1 aliphatic rings. The highest BCUT2D eigenvalue weighted by Gasteiger charge is 2.33. The molecule has 138 valence electrons. The molecule has 0 spiro atoms. The van der Waals surface area contributed by atoms with Crippen LogP contribution in [0.25, 0.3) is 0 Å². The fourth-order valence-corrected chi connectivity index (χ4v) is 5.11. The van der Waals surface area contributed by atoms with Crippen molar-refractivity contribution in [2.45, 2.75) is 19.4 Å². The molecule has 0 bridgehead atoms. The first kappa shape index (κ1) is 17.9. The summed E-state index contributed by atoms with van der Waals surface area (Å²) in [5, 5.41) is 4.15. The predicted octanol–water partition coefficient (Wildman–Crippen LogP) is 4.57. The Balaban J connectivity index is 1.50. The van der Waals surface area contributed by atoms with Crippen LogP contribution in [-0.4, -0.2) is 29.7 Å². The van der Waals surface area contributed by atoms with Crippen LogP contribution in [0.1, 0.15) is 38.6 Å². The van der Waals surface area contributed by atoms with Gasteiger partial charge in [-0.25, -0.2) is 0 Å². The standard InChI is InChI=1S/C21H19NO3S2/c1-14(23)15-4-6-16(7-5-15)25-13-20(24)22-10-8-18-17(9-12-27-18)21(22)19-3-2-11-26-19/h2-7,9,11-12,21H,8,10,13H2,1H3/t21-/m0/s1. The third-order valence-corrected chi connectivity index (χ3v) is 6.64. The monoisotopic (exact) mass is 397 g/mol. The molecule has 4 nitrogen and oxygen atoms in total. The Labute approximate surface area is 166 Å². The molecule has 0 unspecified atom stereocenters. The van der Waals surface area contributed by atoms with Crippen LogP contribution in [0.5, 0.6) is 5.75 Å². The predicted molar refractivity (Wildman–Crippen MR) is 108 cm³/mol. The van der Waals surface area contributed by atoms with E-state index in [1.807, 2.05) is 16.3 Å². The molecule has 0 radical (unpaired) electrons. The number of Topliss-reactive ketones (excluding diaryl/α,β-unsaturated/α-hetero) is 1. The molecule has 6 heteroatoms.